The number of hydrogen-bond donors (Lipinski definition) is 4. The predicted molar refractivity (Wildman–Crippen MR) is 318 cm³/mol. The number of phenolic OH excluding ortho intramolecular Hbond substituents is 2. The summed E-state index contributed by atoms with van der Waals surface area (Å²) in [5.74, 6) is 18.8. The number of unbranched alkanes of at least 4 members (excludes halogenated alkanes) is 4. The molecule has 0 saturated heterocycles. The van der Waals surface area contributed by atoms with E-state index in [1.807, 2.05) is 72.8 Å². The molecule has 0 aliphatic heterocycles. The van der Waals surface area contributed by atoms with Crippen LogP contribution in [-0.4, -0.2) is 97.7 Å². The Morgan fingerprint density at radius 3 is 1.17 bits per heavy atom. The highest BCUT2D eigenvalue weighted by atomic mass is 16.5. The minimum atomic E-state index is -0.988. The molecule has 10 nitrogen and oxygen atoms in total. The molecule has 0 spiro atoms. The third kappa shape index (κ3) is 14.0. The van der Waals surface area contributed by atoms with Crippen LogP contribution in [0.25, 0.3) is 0 Å². The summed E-state index contributed by atoms with van der Waals surface area (Å²) in [6.45, 7) is 11.8. The average Bonchev–Trinajstić information content (AvgIpc) is 3.62. The Morgan fingerprint density at radius 1 is 0.420 bits per heavy atom. The van der Waals surface area contributed by atoms with Crippen LogP contribution in [0.5, 0.6) is 23.0 Å². The number of benzene rings is 4. The molecule has 0 radical (unpaired) electrons. The van der Waals surface area contributed by atoms with Crippen molar-refractivity contribution in [1.29, 1.82) is 0 Å². The molecule has 4 N–H and O–H groups in total. The zero-order valence-electron chi connectivity index (χ0n) is 48.7. The van der Waals surface area contributed by atoms with Crippen molar-refractivity contribution in [3.05, 3.63) is 118 Å². The number of fused-ring (bicyclic) bond motifs is 10. The Bertz CT molecular complexity index is 2600. The van der Waals surface area contributed by atoms with E-state index >= 15 is 0 Å². The average molecular weight is 1110 g/mol. The molecular formula is C71H92O10. The largest absolute Gasteiger partial charge is 0.508 e. The summed E-state index contributed by atoms with van der Waals surface area (Å²) in [4.78, 5) is 0. The van der Waals surface area contributed by atoms with E-state index in [4.69, 9.17) is 28.4 Å². The molecule has 10 atom stereocenters. The van der Waals surface area contributed by atoms with E-state index in [9.17, 15) is 20.4 Å². The fourth-order valence-electron chi connectivity index (χ4n) is 15.7. The zero-order chi connectivity index (χ0) is 56.1. The van der Waals surface area contributed by atoms with Crippen LogP contribution < -0.4 is 9.47 Å². The summed E-state index contributed by atoms with van der Waals surface area (Å²) in [6.07, 6.45) is 20.5. The van der Waals surface area contributed by atoms with Crippen LogP contribution in [0.1, 0.15) is 181 Å². The summed E-state index contributed by atoms with van der Waals surface area (Å²) in [6, 6.07) is 27.7. The van der Waals surface area contributed by atoms with Gasteiger partial charge in [-0.25, -0.2) is 0 Å². The van der Waals surface area contributed by atoms with Gasteiger partial charge in [0.2, 0.25) is 0 Å². The molecule has 6 aliphatic rings. The molecule has 0 unspecified atom stereocenters. The fraction of sp³-hybridized carbons (Fsp3) is 0.606. The summed E-state index contributed by atoms with van der Waals surface area (Å²) < 4.78 is 35.4. The van der Waals surface area contributed by atoms with E-state index in [1.54, 1.807) is 0 Å². The van der Waals surface area contributed by atoms with E-state index in [-0.39, 0.29) is 10.8 Å². The number of aliphatic hydroxyl groups is 2. The number of phenols is 2. The predicted octanol–water partition coefficient (Wildman–Crippen LogP) is 13.4. The second-order valence-corrected chi connectivity index (χ2v) is 25.2. The van der Waals surface area contributed by atoms with Crippen LogP contribution in [0.3, 0.4) is 0 Å². The maximum Gasteiger partial charge on any atom is 0.131 e. The van der Waals surface area contributed by atoms with Gasteiger partial charge in [-0.05, 0) is 259 Å². The first-order chi connectivity index (χ1) is 39.5. The molecular weight excluding hydrogens is 1010 g/mol. The van der Waals surface area contributed by atoms with Crippen LogP contribution >= 0.6 is 0 Å². The Labute approximate surface area is 484 Å². The minimum absolute atomic E-state index is 0.212. The zero-order valence-corrected chi connectivity index (χ0v) is 48.7. The molecule has 81 heavy (non-hydrogen) atoms. The molecule has 10 heteroatoms. The van der Waals surface area contributed by atoms with Crippen molar-refractivity contribution in [2.45, 2.75) is 172 Å². The summed E-state index contributed by atoms with van der Waals surface area (Å²) in [5, 5.41) is 44.2. The molecule has 10 rings (SSSR count). The summed E-state index contributed by atoms with van der Waals surface area (Å²) in [5.41, 5.74) is 4.82. The second kappa shape index (κ2) is 27.6. The molecule has 436 valence electrons. The van der Waals surface area contributed by atoms with Gasteiger partial charge in [-0.2, -0.15) is 0 Å². The van der Waals surface area contributed by atoms with Gasteiger partial charge in [0.05, 0.1) is 13.2 Å². The highest BCUT2D eigenvalue weighted by molar-refractivity contribution is 5.45. The standard InChI is InChI=1S/C71H92O10/c1-68-34-30-62-60-26-18-56(72)50-54(60)16-24-64(62)66(68)32-38-70(68,74)36-28-52-12-20-58(21-13-52)80-48-10-9-46-78-44-6-5-42-76-40-3-4-41-77-43-7-8-45-79-47-11-49-81-59-22-14-53(15-23-59)29-37-71(75)39-33-67-65-25-17-55-51-57(73)19-27-61(55)63(65)31-35-69(67,71)2/h12-15,18-23,26-27,50-51,62-67,72-75H,3-11,16-17,24-25,30-35,38-49H2,1-2H3/t62-,63-,64-,65-,66+,67+,68+,69+,70+,71+/m1/s1. The monoisotopic (exact) mass is 1100 g/mol. The van der Waals surface area contributed by atoms with E-state index in [1.165, 1.54) is 22.3 Å². The third-order valence-corrected chi connectivity index (χ3v) is 20.4. The molecule has 4 saturated carbocycles. The Morgan fingerprint density at radius 2 is 0.778 bits per heavy atom. The molecule has 0 bridgehead atoms. The lowest BCUT2D eigenvalue weighted by atomic mass is 9.53. The first-order valence-corrected chi connectivity index (χ1v) is 31.4. The first-order valence-electron chi connectivity index (χ1n) is 31.4. The van der Waals surface area contributed by atoms with Gasteiger partial charge in [0.15, 0.2) is 0 Å². The van der Waals surface area contributed by atoms with E-state index < -0.39 is 11.2 Å². The maximum absolute atomic E-state index is 12.0. The smallest absolute Gasteiger partial charge is 0.131 e. The Kier molecular flexibility index (Phi) is 20.1. The second-order valence-electron chi connectivity index (χ2n) is 25.2. The first kappa shape index (κ1) is 59.1. The number of aromatic hydroxyl groups is 2. The van der Waals surface area contributed by atoms with Gasteiger partial charge in [0, 0.05) is 81.2 Å². The number of rotatable bonds is 26. The van der Waals surface area contributed by atoms with Crippen LogP contribution in [0.4, 0.5) is 0 Å². The van der Waals surface area contributed by atoms with Crippen LogP contribution in [-0.2, 0) is 31.8 Å². The number of aryl methyl sites for hydroxylation is 2. The molecule has 4 aromatic rings. The third-order valence-electron chi connectivity index (χ3n) is 20.4. The maximum atomic E-state index is 12.0. The van der Waals surface area contributed by atoms with Gasteiger partial charge in [0.1, 0.15) is 34.2 Å². The SMILES string of the molecule is C[C@]12CC[C@@H]3c4ccc(O)cc4CC[C@H]3[C@@H]1CC[C@@]2(O)C#Cc1ccc(OCCCCOCCCCOCCCCOCCCCOCCCOc2ccc(C#C[C@]3(O)CC[C@H]4[C@@H]5CCc6cc(O)ccc6[C@H]5CC[C@@]43C)cc2)cc1. The molecule has 0 aromatic heterocycles. The minimum Gasteiger partial charge on any atom is -0.508 e. The molecule has 0 amide bonds. The van der Waals surface area contributed by atoms with Crippen molar-refractivity contribution in [1.82, 2.24) is 0 Å². The highest BCUT2D eigenvalue weighted by Gasteiger charge is 2.62. The lowest BCUT2D eigenvalue weighted by Crippen LogP contribution is -2.50. The lowest BCUT2D eigenvalue weighted by molar-refractivity contribution is -0.0648. The Balaban J connectivity index is 0.482. The van der Waals surface area contributed by atoms with Gasteiger partial charge in [0.25, 0.3) is 0 Å². The van der Waals surface area contributed by atoms with Gasteiger partial charge >= 0.3 is 0 Å². The van der Waals surface area contributed by atoms with Crippen LogP contribution in [0, 0.1) is 58.2 Å². The van der Waals surface area contributed by atoms with Gasteiger partial charge in [-0.15, -0.1) is 0 Å². The highest BCUT2D eigenvalue weighted by Crippen LogP contribution is 2.66. The fourth-order valence-corrected chi connectivity index (χ4v) is 15.7. The van der Waals surface area contributed by atoms with Crippen molar-refractivity contribution >= 4 is 0 Å². The Hall–Kier alpha value is -5.04. The van der Waals surface area contributed by atoms with Gasteiger partial charge in [-0.1, -0.05) is 49.7 Å². The topological polar surface area (TPSA) is 136 Å². The van der Waals surface area contributed by atoms with E-state index in [0.29, 0.717) is 66.8 Å². The summed E-state index contributed by atoms with van der Waals surface area (Å²) in [7, 11) is 0. The molecule has 0 heterocycles. The summed E-state index contributed by atoms with van der Waals surface area (Å²) >= 11 is 0. The molecule has 4 aromatic carbocycles. The molecule has 4 fully saturated rings. The van der Waals surface area contributed by atoms with Gasteiger partial charge < -0.3 is 48.8 Å². The van der Waals surface area contributed by atoms with Crippen molar-refractivity contribution < 1.29 is 48.8 Å². The van der Waals surface area contributed by atoms with Crippen molar-refractivity contribution in [3.63, 3.8) is 0 Å². The lowest BCUT2D eigenvalue weighted by Gasteiger charge is -2.52. The van der Waals surface area contributed by atoms with Crippen molar-refractivity contribution in [2.24, 2.45) is 34.5 Å². The van der Waals surface area contributed by atoms with Crippen LogP contribution in [0.15, 0.2) is 84.9 Å². The quantitative estimate of drug-likeness (QED) is 0.0355. The number of hydrogen-bond acceptors (Lipinski definition) is 10. The molecule has 6 aliphatic carbocycles. The van der Waals surface area contributed by atoms with E-state index in [2.05, 4.69) is 49.7 Å². The van der Waals surface area contributed by atoms with Crippen LogP contribution in [0.2, 0.25) is 0 Å². The normalized spacial score (nSPS) is 28.6. The van der Waals surface area contributed by atoms with Crippen molar-refractivity contribution in [3.8, 4) is 46.7 Å². The number of ether oxygens (including phenoxy) is 6. The van der Waals surface area contributed by atoms with E-state index in [0.717, 1.165) is 204 Å². The van der Waals surface area contributed by atoms with Crippen molar-refractivity contribution in [2.75, 3.05) is 66.1 Å². The van der Waals surface area contributed by atoms with Gasteiger partial charge in [-0.3, -0.25) is 0 Å².